The number of aryl methyl sites for hydroxylation is 2. The second-order valence-electron chi connectivity index (χ2n) is 5.12. The first-order valence-corrected chi connectivity index (χ1v) is 6.64. The molecule has 1 heterocycles. The summed E-state index contributed by atoms with van der Waals surface area (Å²) in [7, 11) is 0. The monoisotopic (exact) mass is 241 g/mol. The summed E-state index contributed by atoms with van der Waals surface area (Å²) in [4.78, 5) is 0. The van der Waals surface area contributed by atoms with E-state index in [1.165, 1.54) is 11.1 Å². The van der Waals surface area contributed by atoms with Crippen LogP contribution in [0.4, 0.5) is 0 Å². The lowest BCUT2D eigenvalue weighted by molar-refractivity contribution is 0.532. The van der Waals surface area contributed by atoms with E-state index in [-0.39, 0.29) is 5.54 Å². The Morgan fingerprint density at radius 3 is 3.06 bits per heavy atom. The van der Waals surface area contributed by atoms with E-state index in [1.54, 1.807) is 0 Å². The first-order valence-electron chi connectivity index (χ1n) is 6.64. The molecule has 0 amide bonds. The van der Waals surface area contributed by atoms with Gasteiger partial charge < -0.3 is 5.73 Å². The fourth-order valence-electron chi connectivity index (χ4n) is 2.89. The zero-order valence-corrected chi connectivity index (χ0v) is 10.8. The molecule has 2 aromatic rings. The van der Waals surface area contributed by atoms with Gasteiger partial charge in [-0.1, -0.05) is 31.2 Å². The van der Waals surface area contributed by atoms with Crippen LogP contribution in [0.3, 0.4) is 0 Å². The van der Waals surface area contributed by atoms with E-state index in [9.17, 15) is 0 Å². The molecule has 0 spiro atoms. The number of rotatable bonds is 3. The summed E-state index contributed by atoms with van der Waals surface area (Å²) in [6, 6.07) is 8.49. The predicted octanol–water partition coefficient (Wildman–Crippen LogP) is 2.44. The minimum atomic E-state index is -0.345. The van der Waals surface area contributed by atoms with E-state index >= 15 is 0 Å². The fraction of sp³-hybridized carbons (Fsp3) is 0.400. The molecular weight excluding hydrogens is 222 g/mol. The predicted molar refractivity (Wildman–Crippen MR) is 72.2 cm³/mol. The summed E-state index contributed by atoms with van der Waals surface area (Å²) in [5, 5.41) is 4.41. The van der Waals surface area contributed by atoms with Gasteiger partial charge >= 0.3 is 0 Å². The largest absolute Gasteiger partial charge is 0.318 e. The van der Waals surface area contributed by atoms with Gasteiger partial charge in [-0.25, -0.2) is 0 Å². The Labute approximate surface area is 108 Å². The molecule has 0 saturated heterocycles. The Bertz CT molecular complexity index is 558. The van der Waals surface area contributed by atoms with Crippen LogP contribution in [-0.2, 0) is 18.5 Å². The average Bonchev–Trinajstić information content (AvgIpc) is 2.97. The molecule has 1 aliphatic rings. The van der Waals surface area contributed by atoms with Gasteiger partial charge in [0.2, 0.25) is 0 Å². The second-order valence-corrected chi connectivity index (χ2v) is 5.12. The molecule has 1 unspecified atom stereocenters. The maximum Gasteiger partial charge on any atom is 0.0702 e. The van der Waals surface area contributed by atoms with Gasteiger partial charge in [0.1, 0.15) is 0 Å². The normalized spacial score (nSPS) is 22.1. The molecule has 3 rings (SSSR count). The number of hydrogen-bond acceptors (Lipinski definition) is 2. The van der Waals surface area contributed by atoms with E-state index < -0.39 is 0 Å². The quantitative estimate of drug-likeness (QED) is 0.897. The van der Waals surface area contributed by atoms with Crippen LogP contribution in [0.25, 0.3) is 0 Å². The third-order valence-corrected chi connectivity index (χ3v) is 3.89. The third-order valence-electron chi connectivity index (χ3n) is 3.89. The average molecular weight is 241 g/mol. The van der Waals surface area contributed by atoms with Gasteiger partial charge in [-0.3, -0.25) is 4.68 Å². The van der Waals surface area contributed by atoms with Crippen molar-refractivity contribution >= 4 is 0 Å². The van der Waals surface area contributed by atoms with Gasteiger partial charge in [0, 0.05) is 18.3 Å². The first kappa shape index (κ1) is 11.5. The maximum absolute atomic E-state index is 6.65. The van der Waals surface area contributed by atoms with Crippen molar-refractivity contribution in [2.24, 2.45) is 5.73 Å². The highest BCUT2D eigenvalue weighted by Crippen LogP contribution is 2.39. The summed E-state index contributed by atoms with van der Waals surface area (Å²) in [5.41, 5.74) is 10.1. The van der Waals surface area contributed by atoms with Gasteiger partial charge in [0.05, 0.1) is 11.7 Å². The minimum absolute atomic E-state index is 0.345. The van der Waals surface area contributed by atoms with Crippen LogP contribution in [-0.4, -0.2) is 9.78 Å². The molecule has 0 aliphatic heterocycles. The smallest absolute Gasteiger partial charge is 0.0702 e. The lowest BCUT2D eigenvalue weighted by Crippen LogP contribution is -2.35. The van der Waals surface area contributed by atoms with E-state index in [4.69, 9.17) is 5.73 Å². The summed E-state index contributed by atoms with van der Waals surface area (Å²) >= 11 is 0. The molecule has 18 heavy (non-hydrogen) atoms. The van der Waals surface area contributed by atoms with Crippen molar-refractivity contribution in [3.05, 3.63) is 53.3 Å². The summed E-state index contributed by atoms with van der Waals surface area (Å²) < 4.78 is 1.99. The molecule has 0 saturated carbocycles. The number of nitrogens with two attached hydrogens (primary N) is 1. The van der Waals surface area contributed by atoms with Crippen LogP contribution in [0.5, 0.6) is 0 Å². The lowest BCUT2D eigenvalue weighted by atomic mass is 9.87. The van der Waals surface area contributed by atoms with E-state index in [0.29, 0.717) is 0 Å². The van der Waals surface area contributed by atoms with Crippen LogP contribution in [0.1, 0.15) is 36.5 Å². The molecule has 1 aliphatic carbocycles. The highest BCUT2D eigenvalue weighted by atomic mass is 15.3. The number of nitrogens with zero attached hydrogens (tertiary/aromatic N) is 2. The van der Waals surface area contributed by atoms with Crippen molar-refractivity contribution < 1.29 is 0 Å². The molecule has 3 nitrogen and oxygen atoms in total. The van der Waals surface area contributed by atoms with E-state index in [0.717, 1.165) is 31.4 Å². The van der Waals surface area contributed by atoms with Gasteiger partial charge in [-0.15, -0.1) is 0 Å². The molecular formula is C15H19N3. The third kappa shape index (κ3) is 1.66. The molecule has 0 bridgehead atoms. The Balaban J connectivity index is 2.00. The van der Waals surface area contributed by atoms with Gasteiger partial charge in [0.25, 0.3) is 0 Å². The van der Waals surface area contributed by atoms with Crippen LogP contribution in [0.2, 0.25) is 0 Å². The van der Waals surface area contributed by atoms with Crippen LogP contribution in [0.15, 0.2) is 36.7 Å². The summed E-state index contributed by atoms with van der Waals surface area (Å²) in [6.07, 6.45) is 7.16. The van der Waals surface area contributed by atoms with Crippen molar-refractivity contribution in [2.45, 2.75) is 38.3 Å². The van der Waals surface area contributed by atoms with Crippen molar-refractivity contribution in [1.29, 1.82) is 0 Å². The number of fused-ring (bicyclic) bond motifs is 1. The molecule has 1 aromatic heterocycles. The summed E-state index contributed by atoms with van der Waals surface area (Å²) in [5.74, 6) is 0. The Morgan fingerprint density at radius 1 is 1.39 bits per heavy atom. The summed E-state index contributed by atoms with van der Waals surface area (Å²) in [6.45, 7) is 3.11. The molecule has 0 radical (unpaired) electrons. The molecule has 1 atom stereocenters. The number of benzene rings is 1. The molecule has 3 heteroatoms. The lowest BCUT2D eigenvalue weighted by Gasteiger charge is -2.24. The van der Waals surface area contributed by atoms with Gasteiger partial charge in [-0.05, 0) is 30.4 Å². The van der Waals surface area contributed by atoms with Crippen molar-refractivity contribution in [3.8, 4) is 0 Å². The molecule has 94 valence electrons. The number of hydrogen-bond donors (Lipinski definition) is 1. The SMILES string of the molecule is CCCn1cc(C2(N)CCc3ccccc32)cn1. The highest BCUT2D eigenvalue weighted by Gasteiger charge is 2.37. The van der Waals surface area contributed by atoms with Crippen LogP contribution >= 0.6 is 0 Å². The van der Waals surface area contributed by atoms with E-state index in [2.05, 4.69) is 42.5 Å². The second kappa shape index (κ2) is 4.25. The van der Waals surface area contributed by atoms with Crippen LogP contribution < -0.4 is 5.73 Å². The van der Waals surface area contributed by atoms with Crippen LogP contribution in [0, 0.1) is 0 Å². The zero-order valence-electron chi connectivity index (χ0n) is 10.8. The maximum atomic E-state index is 6.65. The van der Waals surface area contributed by atoms with Crippen molar-refractivity contribution in [2.75, 3.05) is 0 Å². The molecule has 0 fully saturated rings. The highest BCUT2D eigenvalue weighted by molar-refractivity contribution is 5.45. The Hall–Kier alpha value is -1.61. The van der Waals surface area contributed by atoms with Gasteiger partial charge in [0.15, 0.2) is 0 Å². The zero-order chi connectivity index (χ0) is 12.6. The van der Waals surface area contributed by atoms with E-state index in [1.807, 2.05) is 10.9 Å². The first-order chi connectivity index (χ1) is 8.74. The van der Waals surface area contributed by atoms with Gasteiger partial charge in [-0.2, -0.15) is 5.10 Å². The molecule has 2 N–H and O–H groups in total. The topological polar surface area (TPSA) is 43.8 Å². The Kier molecular flexibility index (Phi) is 2.71. The van der Waals surface area contributed by atoms with Crippen molar-refractivity contribution in [3.63, 3.8) is 0 Å². The number of aromatic nitrogens is 2. The standard InChI is InChI=1S/C15H19N3/c1-2-9-18-11-13(10-17-18)15(16)8-7-12-5-3-4-6-14(12)15/h3-6,10-11H,2,7-9,16H2,1H3. The fourth-order valence-corrected chi connectivity index (χ4v) is 2.89. The van der Waals surface area contributed by atoms with Crippen molar-refractivity contribution in [1.82, 2.24) is 9.78 Å². The minimum Gasteiger partial charge on any atom is -0.318 e. The Morgan fingerprint density at radius 2 is 2.22 bits per heavy atom. The molecule has 1 aromatic carbocycles.